The number of benzene rings is 1. The molecule has 2 aromatic rings. The van der Waals surface area contributed by atoms with E-state index in [0.717, 1.165) is 25.1 Å². The van der Waals surface area contributed by atoms with Crippen LogP contribution in [0.1, 0.15) is 43.2 Å². The zero-order chi connectivity index (χ0) is 12.8. The van der Waals surface area contributed by atoms with E-state index in [2.05, 4.69) is 43.4 Å². The minimum atomic E-state index is 0.297. The summed E-state index contributed by atoms with van der Waals surface area (Å²) >= 11 is 0. The minimum Gasteiger partial charge on any atom is -0.468 e. The molecule has 0 radical (unpaired) electrons. The van der Waals surface area contributed by atoms with Gasteiger partial charge in [-0.15, -0.1) is 0 Å². The smallest absolute Gasteiger partial charge is 0.120 e. The summed E-state index contributed by atoms with van der Waals surface area (Å²) in [6.07, 6.45) is 3.86. The van der Waals surface area contributed by atoms with Crippen molar-refractivity contribution in [1.82, 2.24) is 5.32 Å². The van der Waals surface area contributed by atoms with Crippen molar-refractivity contribution >= 4 is 0 Å². The highest BCUT2D eigenvalue weighted by atomic mass is 16.3. The lowest BCUT2D eigenvalue weighted by atomic mass is 10.1. The van der Waals surface area contributed by atoms with E-state index >= 15 is 0 Å². The molecule has 1 unspecified atom stereocenters. The maximum Gasteiger partial charge on any atom is 0.120 e. The summed E-state index contributed by atoms with van der Waals surface area (Å²) in [6, 6.07) is 13.1. The molecule has 2 heteroatoms. The van der Waals surface area contributed by atoms with Gasteiger partial charge in [0.05, 0.1) is 12.3 Å². The van der Waals surface area contributed by atoms with Gasteiger partial charge in [0.15, 0.2) is 0 Å². The van der Waals surface area contributed by atoms with Gasteiger partial charge < -0.3 is 9.73 Å². The number of aryl methyl sites for hydroxylation is 1. The van der Waals surface area contributed by atoms with Crippen LogP contribution in [0.2, 0.25) is 0 Å². The molecule has 0 saturated heterocycles. The lowest BCUT2D eigenvalue weighted by Gasteiger charge is -2.14. The molecule has 0 saturated carbocycles. The van der Waals surface area contributed by atoms with Crippen LogP contribution in [0.3, 0.4) is 0 Å². The lowest BCUT2D eigenvalue weighted by Crippen LogP contribution is -2.19. The zero-order valence-electron chi connectivity index (χ0n) is 11.1. The number of hydrogen-bond donors (Lipinski definition) is 1. The summed E-state index contributed by atoms with van der Waals surface area (Å²) in [7, 11) is 0. The van der Waals surface area contributed by atoms with Gasteiger partial charge in [-0.25, -0.2) is 0 Å². The van der Waals surface area contributed by atoms with E-state index in [1.54, 1.807) is 6.26 Å². The van der Waals surface area contributed by atoms with Crippen LogP contribution >= 0.6 is 0 Å². The summed E-state index contributed by atoms with van der Waals surface area (Å²) in [5.74, 6) is 1.02. The first-order valence-electron chi connectivity index (χ1n) is 6.68. The van der Waals surface area contributed by atoms with E-state index in [-0.39, 0.29) is 0 Å². The molecule has 0 bridgehead atoms. The van der Waals surface area contributed by atoms with Crippen molar-refractivity contribution in [3.63, 3.8) is 0 Å². The fourth-order valence-corrected chi connectivity index (χ4v) is 2.07. The van der Waals surface area contributed by atoms with Crippen molar-refractivity contribution in [2.45, 2.75) is 39.3 Å². The molecule has 0 fully saturated rings. The molecule has 0 aliphatic carbocycles. The van der Waals surface area contributed by atoms with Gasteiger partial charge in [-0.05, 0) is 36.1 Å². The summed E-state index contributed by atoms with van der Waals surface area (Å²) in [5.41, 5.74) is 2.70. The Labute approximate surface area is 109 Å². The van der Waals surface area contributed by atoms with Crippen molar-refractivity contribution in [3.8, 4) is 0 Å². The molecular formula is C16H21NO. The lowest BCUT2D eigenvalue weighted by molar-refractivity contribution is 0.403. The van der Waals surface area contributed by atoms with Crippen molar-refractivity contribution in [3.05, 3.63) is 59.5 Å². The Morgan fingerprint density at radius 3 is 2.33 bits per heavy atom. The van der Waals surface area contributed by atoms with Crippen LogP contribution in [0.25, 0.3) is 0 Å². The van der Waals surface area contributed by atoms with Gasteiger partial charge in [0, 0.05) is 6.54 Å². The van der Waals surface area contributed by atoms with Crippen molar-refractivity contribution < 1.29 is 4.42 Å². The number of rotatable bonds is 6. The first-order chi connectivity index (χ1) is 8.83. The molecule has 0 aliphatic heterocycles. The molecule has 2 rings (SSSR count). The predicted molar refractivity (Wildman–Crippen MR) is 74.4 cm³/mol. The first kappa shape index (κ1) is 12.9. The van der Waals surface area contributed by atoms with Gasteiger partial charge in [-0.3, -0.25) is 0 Å². The van der Waals surface area contributed by atoms with Gasteiger partial charge in [0.2, 0.25) is 0 Å². The zero-order valence-corrected chi connectivity index (χ0v) is 11.1. The average Bonchev–Trinajstić information content (AvgIpc) is 2.94. The standard InChI is InChI=1S/C16H21NO/c1-3-13-7-9-14(10-8-13)12-17-15(4-2)16-6-5-11-18-16/h5-11,15,17H,3-4,12H2,1-2H3. The summed E-state index contributed by atoms with van der Waals surface area (Å²) < 4.78 is 5.45. The third-order valence-electron chi connectivity index (χ3n) is 3.28. The summed E-state index contributed by atoms with van der Waals surface area (Å²) in [5, 5.41) is 3.53. The summed E-state index contributed by atoms with van der Waals surface area (Å²) in [4.78, 5) is 0. The van der Waals surface area contributed by atoms with Gasteiger partial charge in [-0.2, -0.15) is 0 Å². The van der Waals surface area contributed by atoms with E-state index < -0.39 is 0 Å². The van der Waals surface area contributed by atoms with Crippen LogP contribution in [0, 0.1) is 0 Å². The maximum atomic E-state index is 5.45. The first-order valence-corrected chi connectivity index (χ1v) is 6.68. The van der Waals surface area contributed by atoms with E-state index in [4.69, 9.17) is 4.42 Å². The highest BCUT2D eigenvalue weighted by Crippen LogP contribution is 2.17. The second kappa shape index (κ2) is 6.41. The van der Waals surface area contributed by atoms with Crippen LogP contribution < -0.4 is 5.32 Å². The highest BCUT2D eigenvalue weighted by Gasteiger charge is 2.10. The van der Waals surface area contributed by atoms with E-state index in [0.29, 0.717) is 6.04 Å². The number of furan rings is 1. The van der Waals surface area contributed by atoms with Crippen LogP contribution in [-0.4, -0.2) is 0 Å². The number of hydrogen-bond acceptors (Lipinski definition) is 2. The second-order valence-corrected chi connectivity index (χ2v) is 4.53. The molecule has 18 heavy (non-hydrogen) atoms. The van der Waals surface area contributed by atoms with Gasteiger partial charge >= 0.3 is 0 Å². The van der Waals surface area contributed by atoms with E-state index in [9.17, 15) is 0 Å². The molecule has 1 aromatic carbocycles. The largest absolute Gasteiger partial charge is 0.468 e. The van der Waals surface area contributed by atoms with E-state index in [1.807, 2.05) is 12.1 Å². The fourth-order valence-electron chi connectivity index (χ4n) is 2.07. The Morgan fingerprint density at radius 1 is 1.06 bits per heavy atom. The molecule has 2 nitrogen and oxygen atoms in total. The second-order valence-electron chi connectivity index (χ2n) is 4.53. The minimum absolute atomic E-state index is 0.297. The van der Waals surface area contributed by atoms with Crippen LogP contribution in [-0.2, 0) is 13.0 Å². The Bertz CT molecular complexity index is 444. The molecule has 0 amide bonds. The Kier molecular flexibility index (Phi) is 4.59. The van der Waals surface area contributed by atoms with Crippen molar-refractivity contribution in [1.29, 1.82) is 0 Å². The van der Waals surface area contributed by atoms with Gasteiger partial charge in [-0.1, -0.05) is 38.1 Å². The third-order valence-corrected chi connectivity index (χ3v) is 3.28. The SMILES string of the molecule is CCc1ccc(CNC(CC)c2ccco2)cc1. The maximum absolute atomic E-state index is 5.45. The molecular weight excluding hydrogens is 222 g/mol. The molecule has 1 heterocycles. The fraction of sp³-hybridized carbons (Fsp3) is 0.375. The topological polar surface area (TPSA) is 25.2 Å². The van der Waals surface area contributed by atoms with Crippen molar-refractivity contribution in [2.24, 2.45) is 0 Å². The van der Waals surface area contributed by atoms with Gasteiger partial charge in [0.1, 0.15) is 5.76 Å². The predicted octanol–water partition coefficient (Wildman–Crippen LogP) is 4.08. The van der Waals surface area contributed by atoms with Crippen LogP contribution in [0.4, 0.5) is 0 Å². The van der Waals surface area contributed by atoms with Crippen molar-refractivity contribution in [2.75, 3.05) is 0 Å². The highest BCUT2D eigenvalue weighted by molar-refractivity contribution is 5.22. The van der Waals surface area contributed by atoms with Gasteiger partial charge in [0.25, 0.3) is 0 Å². The number of nitrogens with one attached hydrogen (secondary N) is 1. The molecule has 1 aromatic heterocycles. The molecule has 0 aliphatic rings. The molecule has 0 spiro atoms. The quantitative estimate of drug-likeness (QED) is 0.827. The molecule has 96 valence electrons. The Morgan fingerprint density at radius 2 is 1.78 bits per heavy atom. The van der Waals surface area contributed by atoms with Crippen LogP contribution in [0.15, 0.2) is 47.1 Å². The normalized spacial score (nSPS) is 12.6. The van der Waals surface area contributed by atoms with Crippen LogP contribution in [0.5, 0.6) is 0 Å². The third kappa shape index (κ3) is 3.23. The molecule has 1 N–H and O–H groups in total. The molecule has 1 atom stereocenters. The average molecular weight is 243 g/mol. The summed E-state index contributed by atoms with van der Waals surface area (Å²) in [6.45, 7) is 5.22. The monoisotopic (exact) mass is 243 g/mol. The Balaban J connectivity index is 1.93. The van der Waals surface area contributed by atoms with E-state index in [1.165, 1.54) is 11.1 Å². The Hall–Kier alpha value is -1.54.